The number of methoxy groups -OCH3 is 2. The van der Waals surface area contributed by atoms with Crippen LogP contribution in [0.15, 0.2) is 41.3 Å². The summed E-state index contributed by atoms with van der Waals surface area (Å²) in [6.07, 6.45) is 0. The first kappa shape index (κ1) is 20.3. The van der Waals surface area contributed by atoms with Gasteiger partial charge in [-0.25, -0.2) is 8.42 Å². The molecule has 1 heterocycles. The van der Waals surface area contributed by atoms with E-state index in [1.165, 1.54) is 7.11 Å². The topological polar surface area (TPSA) is 71.1 Å². The predicted molar refractivity (Wildman–Crippen MR) is 111 cm³/mol. The van der Waals surface area contributed by atoms with Crippen LogP contribution >= 0.6 is 0 Å². The van der Waals surface area contributed by atoms with Crippen LogP contribution in [0.25, 0.3) is 0 Å². The number of hydrogen-bond donors (Lipinski definition) is 1. The number of anilines is 2. The molecule has 2 aromatic carbocycles. The van der Waals surface area contributed by atoms with Crippen molar-refractivity contribution in [1.29, 1.82) is 0 Å². The van der Waals surface area contributed by atoms with Crippen LogP contribution in [-0.2, 0) is 10.0 Å². The fraction of sp³-hybridized carbons (Fsp3) is 0.400. The van der Waals surface area contributed by atoms with Gasteiger partial charge in [-0.2, -0.15) is 0 Å². The van der Waals surface area contributed by atoms with Gasteiger partial charge in [0.05, 0.1) is 30.5 Å². The van der Waals surface area contributed by atoms with E-state index in [0.717, 1.165) is 37.4 Å². The average Bonchev–Trinajstić information content (AvgIpc) is 2.69. The molecule has 8 heteroatoms. The number of piperazine rings is 1. The van der Waals surface area contributed by atoms with Gasteiger partial charge in [0.15, 0.2) is 0 Å². The summed E-state index contributed by atoms with van der Waals surface area (Å²) in [7, 11) is 1.41. The van der Waals surface area contributed by atoms with Crippen molar-refractivity contribution in [2.45, 2.75) is 11.8 Å². The summed E-state index contributed by atoms with van der Waals surface area (Å²) in [4.78, 5) is 4.59. The molecule has 3 rings (SSSR count). The summed E-state index contributed by atoms with van der Waals surface area (Å²) in [5.74, 6) is 1.15. The maximum absolute atomic E-state index is 13.1. The third kappa shape index (κ3) is 4.18. The van der Waals surface area contributed by atoms with Gasteiger partial charge in [0.2, 0.25) is 0 Å². The molecule has 0 aliphatic carbocycles. The molecule has 0 amide bonds. The number of sulfonamides is 1. The summed E-state index contributed by atoms with van der Waals surface area (Å²) in [5, 5.41) is 0. The van der Waals surface area contributed by atoms with Gasteiger partial charge in [-0.15, -0.1) is 0 Å². The number of aryl methyl sites for hydroxylation is 1. The van der Waals surface area contributed by atoms with Crippen LogP contribution in [0.1, 0.15) is 5.56 Å². The van der Waals surface area contributed by atoms with Crippen LogP contribution in [0.3, 0.4) is 0 Å². The molecule has 0 bridgehead atoms. The van der Waals surface area contributed by atoms with Gasteiger partial charge in [-0.3, -0.25) is 4.72 Å². The second-order valence-electron chi connectivity index (χ2n) is 6.88. The molecule has 1 fully saturated rings. The summed E-state index contributed by atoms with van der Waals surface area (Å²) in [5.41, 5.74) is 2.02. The average molecular weight is 406 g/mol. The molecule has 152 valence electrons. The summed E-state index contributed by atoms with van der Waals surface area (Å²) in [6, 6.07) is 10.3. The zero-order chi connectivity index (χ0) is 20.3. The Morgan fingerprint density at radius 2 is 1.64 bits per heavy atom. The van der Waals surface area contributed by atoms with Gasteiger partial charge in [-0.1, -0.05) is 12.1 Å². The number of nitrogens with zero attached hydrogens (tertiary/aromatic N) is 2. The molecule has 28 heavy (non-hydrogen) atoms. The highest BCUT2D eigenvalue weighted by molar-refractivity contribution is 7.92. The molecule has 0 atom stereocenters. The largest absolute Gasteiger partial charge is 0.495 e. The monoisotopic (exact) mass is 405 g/mol. The summed E-state index contributed by atoms with van der Waals surface area (Å²) in [6.45, 7) is 5.30. The van der Waals surface area contributed by atoms with Gasteiger partial charge < -0.3 is 19.3 Å². The summed E-state index contributed by atoms with van der Waals surface area (Å²) < 4.78 is 39.6. The van der Waals surface area contributed by atoms with Crippen LogP contribution < -0.4 is 19.1 Å². The quantitative estimate of drug-likeness (QED) is 0.797. The predicted octanol–water partition coefficient (Wildman–Crippen LogP) is 2.56. The Bertz CT molecular complexity index is 938. The fourth-order valence-corrected chi connectivity index (χ4v) is 4.43. The third-order valence-electron chi connectivity index (χ3n) is 5.00. The van der Waals surface area contributed by atoms with E-state index >= 15 is 0 Å². The lowest BCUT2D eigenvalue weighted by atomic mass is 10.2. The Labute approximate surface area is 166 Å². The number of hydrogen-bond acceptors (Lipinski definition) is 6. The first-order valence-electron chi connectivity index (χ1n) is 9.13. The van der Waals surface area contributed by atoms with Gasteiger partial charge in [0.25, 0.3) is 10.0 Å². The maximum atomic E-state index is 13.1. The molecule has 1 N–H and O–H groups in total. The number of para-hydroxylation sites is 1. The van der Waals surface area contributed by atoms with E-state index in [1.807, 2.05) is 19.1 Å². The van der Waals surface area contributed by atoms with Crippen LogP contribution in [0.2, 0.25) is 0 Å². The minimum Gasteiger partial charge on any atom is -0.495 e. The second-order valence-corrected chi connectivity index (χ2v) is 8.56. The van der Waals surface area contributed by atoms with Crippen molar-refractivity contribution in [3.63, 3.8) is 0 Å². The molecule has 1 aliphatic rings. The maximum Gasteiger partial charge on any atom is 0.262 e. The highest BCUT2D eigenvalue weighted by Crippen LogP contribution is 2.34. The van der Waals surface area contributed by atoms with Gasteiger partial charge in [0, 0.05) is 26.2 Å². The number of ether oxygens (including phenoxy) is 2. The van der Waals surface area contributed by atoms with Gasteiger partial charge in [0.1, 0.15) is 11.5 Å². The van der Waals surface area contributed by atoms with E-state index < -0.39 is 10.0 Å². The molecule has 2 aromatic rings. The highest BCUT2D eigenvalue weighted by atomic mass is 32.2. The lowest BCUT2D eigenvalue weighted by molar-refractivity contribution is 0.311. The van der Waals surface area contributed by atoms with Crippen molar-refractivity contribution in [3.8, 4) is 11.5 Å². The number of likely N-dealkylation sites (N-methyl/N-ethyl adjacent to an activating group) is 1. The van der Waals surface area contributed by atoms with Gasteiger partial charge in [-0.05, 0) is 43.8 Å². The van der Waals surface area contributed by atoms with E-state index in [9.17, 15) is 8.42 Å². The minimum absolute atomic E-state index is 0.188. The van der Waals surface area contributed by atoms with Gasteiger partial charge >= 0.3 is 0 Å². The van der Waals surface area contributed by atoms with E-state index in [-0.39, 0.29) is 4.90 Å². The third-order valence-corrected chi connectivity index (χ3v) is 6.34. The SMILES string of the molecule is COc1ccc(S(=O)(=O)Nc2c(C)cccc2OC)cc1N1CCN(C)CC1. The fourth-order valence-electron chi connectivity index (χ4n) is 3.27. The van der Waals surface area contributed by atoms with Crippen molar-refractivity contribution < 1.29 is 17.9 Å². The first-order chi connectivity index (χ1) is 13.4. The van der Waals surface area contributed by atoms with Crippen molar-refractivity contribution in [2.24, 2.45) is 0 Å². The zero-order valence-electron chi connectivity index (χ0n) is 16.7. The molecule has 1 aliphatic heterocycles. The molecular weight excluding hydrogens is 378 g/mol. The zero-order valence-corrected chi connectivity index (χ0v) is 17.5. The lowest BCUT2D eigenvalue weighted by Crippen LogP contribution is -2.44. The molecule has 1 saturated heterocycles. The first-order valence-corrected chi connectivity index (χ1v) is 10.6. The van der Waals surface area contributed by atoms with Crippen LogP contribution in [0, 0.1) is 6.92 Å². The van der Waals surface area contributed by atoms with E-state index in [0.29, 0.717) is 17.2 Å². The standard InChI is InChI=1S/C20H27N3O4S/c1-15-6-5-7-19(27-4)20(15)21-28(24,25)16-8-9-18(26-3)17(14-16)23-12-10-22(2)11-13-23/h5-9,14,21H,10-13H2,1-4H3. The van der Waals surface area contributed by atoms with Crippen molar-refractivity contribution >= 4 is 21.4 Å². The van der Waals surface area contributed by atoms with E-state index in [2.05, 4.69) is 21.6 Å². The Balaban J connectivity index is 1.95. The Hall–Kier alpha value is -2.45. The number of benzene rings is 2. The molecular formula is C20H27N3O4S. The van der Waals surface area contributed by atoms with Crippen molar-refractivity contribution in [3.05, 3.63) is 42.0 Å². The molecule has 0 radical (unpaired) electrons. The van der Waals surface area contributed by atoms with Crippen LogP contribution in [0.5, 0.6) is 11.5 Å². The Morgan fingerprint density at radius 3 is 2.29 bits per heavy atom. The van der Waals surface area contributed by atoms with E-state index in [1.54, 1.807) is 31.4 Å². The normalized spacial score (nSPS) is 15.4. The van der Waals surface area contributed by atoms with Crippen molar-refractivity contribution in [1.82, 2.24) is 4.90 Å². The summed E-state index contributed by atoms with van der Waals surface area (Å²) >= 11 is 0. The van der Waals surface area contributed by atoms with E-state index in [4.69, 9.17) is 9.47 Å². The minimum atomic E-state index is -3.79. The molecule has 0 saturated carbocycles. The molecule has 0 spiro atoms. The van der Waals surface area contributed by atoms with Crippen LogP contribution in [-0.4, -0.2) is 60.8 Å². The smallest absolute Gasteiger partial charge is 0.262 e. The molecule has 0 unspecified atom stereocenters. The second kappa shape index (κ2) is 8.28. The van der Waals surface area contributed by atoms with Crippen molar-refractivity contribution in [2.75, 3.05) is 57.1 Å². The molecule has 0 aromatic heterocycles. The molecule has 7 nitrogen and oxygen atoms in total. The Morgan fingerprint density at radius 1 is 0.964 bits per heavy atom. The highest BCUT2D eigenvalue weighted by Gasteiger charge is 2.23. The number of rotatable bonds is 6. The number of nitrogens with one attached hydrogen (secondary N) is 1. The van der Waals surface area contributed by atoms with Crippen LogP contribution in [0.4, 0.5) is 11.4 Å². The Kier molecular flexibility index (Phi) is 6.00. The lowest BCUT2D eigenvalue weighted by Gasteiger charge is -2.34.